The average molecular weight is 635 g/mol. The Labute approximate surface area is 277 Å². The maximum Gasteiger partial charge on any atom is 0.410 e. The number of rotatable bonds is 12. The largest absolute Gasteiger partial charge is 0.456 e. The number of amides is 1. The van der Waals surface area contributed by atoms with Crippen molar-refractivity contribution in [1.82, 2.24) is 9.80 Å². The summed E-state index contributed by atoms with van der Waals surface area (Å²) < 4.78 is 12.5. The van der Waals surface area contributed by atoms with E-state index in [1.54, 1.807) is 12.1 Å². The zero-order chi connectivity index (χ0) is 32.5. The predicted molar refractivity (Wildman–Crippen MR) is 179 cm³/mol. The molecule has 0 N–H and O–H groups in total. The maximum atomic E-state index is 13.5. The summed E-state index contributed by atoms with van der Waals surface area (Å²) in [6.07, 6.45) is 13.0. The summed E-state index contributed by atoms with van der Waals surface area (Å²) in [5.74, 6) is 2.58. The Hall–Kier alpha value is -2.41. The molecular formula is C39H58N2O5. The van der Waals surface area contributed by atoms with Gasteiger partial charge in [0.25, 0.3) is 0 Å². The number of hydrogen-bond acceptors (Lipinski definition) is 6. The number of fused-ring (bicyclic) bond motifs is 5. The van der Waals surface area contributed by atoms with Gasteiger partial charge >= 0.3 is 12.1 Å². The fourth-order valence-corrected chi connectivity index (χ4v) is 10.7. The summed E-state index contributed by atoms with van der Waals surface area (Å²) in [6, 6.07) is 9.18. The van der Waals surface area contributed by atoms with Crippen molar-refractivity contribution in [2.75, 3.05) is 32.7 Å². The molecule has 0 radical (unpaired) electrons. The topological polar surface area (TPSA) is 76.2 Å². The van der Waals surface area contributed by atoms with Gasteiger partial charge in [-0.25, -0.2) is 9.59 Å². The number of ketones is 1. The zero-order valence-corrected chi connectivity index (χ0v) is 28.9. The van der Waals surface area contributed by atoms with Crippen LogP contribution in [0.3, 0.4) is 0 Å². The van der Waals surface area contributed by atoms with E-state index in [9.17, 15) is 14.4 Å². The van der Waals surface area contributed by atoms with E-state index in [0.29, 0.717) is 54.7 Å². The fraction of sp³-hybridized carbons (Fsp3) is 0.769. The average Bonchev–Trinajstić information content (AvgIpc) is 3.53. The molecule has 1 aromatic carbocycles. The third-order valence-electron chi connectivity index (χ3n) is 13.4. The molecule has 4 saturated carbocycles. The lowest BCUT2D eigenvalue weighted by Gasteiger charge is -2.61. The highest BCUT2D eigenvalue weighted by Gasteiger charge is 2.63. The van der Waals surface area contributed by atoms with Gasteiger partial charge in [0.1, 0.15) is 17.5 Å². The first-order valence-electron chi connectivity index (χ1n) is 18.6. The van der Waals surface area contributed by atoms with Gasteiger partial charge in [-0.2, -0.15) is 0 Å². The molecule has 7 heteroatoms. The number of Topliss-reactive ketones (excluding diaryl/α,β-unsaturated/α-hetero) is 1. The first kappa shape index (κ1) is 33.5. The van der Waals surface area contributed by atoms with Crippen LogP contribution < -0.4 is 0 Å². The minimum Gasteiger partial charge on any atom is -0.456 e. The Morgan fingerprint density at radius 1 is 0.978 bits per heavy atom. The summed E-state index contributed by atoms with van der Waals surface area (Å²) in [5, 5.41) is 0. The Balaban J connectivity index is 1.14. The Morgan fingerprint density at radius 2 is 1.72 bits per heavy atom. The third-order valence-corrected chi connectivity index (χ3v) is 13.4. The molecule has 1 heterocycles. The molecule has 7 nitrogen and oxygen atoms in total. The molecular weight excluding hydrogens is 576 g/mol. The van der Waals surface area contributed by atoms with Gasteiger partial charge in [-0.3, -0.25) is 9.69 Å². The van der Waals surface area contributed by atoms with Gasteiger partial charge in [-0.1, -0.05) is 58.7 Å². The first-order valence-corrected chi connectivity index (χ1v) is 18.6. The van der Waals surface area contributed by atoms with Crippen molar-refractivity contribution >= 4 is 17.8 Å². The molecule has 5 aliphatic rings. The van der Waals surface area contributed by atoms with Crippen LogP contribution in [-0.2, 0) is 14.3 Å². The molecule has 5 fully saturated rings. The molecule has 6 rings (SSSR count). The molecule has 1 unspecified atom stereocenters. The summed E-state index contributed by atoms with van der Waals surface area (Å²) in [5.41, 5.74) is 0.228. The smallest absolute Gasteiger partial charge is 0.410 e. The molecule has 254 valence electrons. The van der Waals surface area contributed by atoms with Gasteiger partial charge in [0, 0.05) is 18.4 Å². The van der Waals surface area contributed by atoms with Crippen molar-refractivity contribution in [1.29, 1.82) is 0 Å². The van der Waals surface area contributed by atoms with Gasteiger partial charge in [-0.05, 0) is 119 Å². The van der Waals surface area contributed by atoms with Crippen LogP contribution in [0, 0.1) is 34.5 Å². The Kier molecular flexibility index (Phi) is 9.90. The molecule has 0 bridgehead atoms. The van der Waals surface area contributed by atoms with E-state index in [-0.39, 0.29) is 22.9 Å². The lowest BCUT2D eigenvalue weighted by Crippen LogP contribution is -2.56. The van der Waals surface area contributed by atoms with Crippen molar-refractivity contribution in [3.8, 4) is 0 Å². The first-order chi connectivity index (χ1) is 22.1. The van der Waals surface area contributed by atoms with Crippen LogP contribution in [0.15, 0.2) is 30.3 Å². The number of nitrogens with zero attached hydrogens (tertiary/aromatic N) is 2. The maximum absolute atomic E-state index is 13.5. The second kappa shape index (κ2) is 13.6. The van der Waals surface area contributed by atoms with E-state index in [4.69, 9.17) is 9.47 Å². The minimum atomic E-state index is -0.460. The molecule has 1 spiro atoms. The van der Waals surface area contributed by atoms with Crippen molar-refractivity contribution < 1.29 is 23.9 Å². The second-order valence-corrected chi connectivity index (χ2v) is 16.1. The van der Waals surface area contributed by atoms with Crippen molar-refractivity contribution in [2.24, 2.45) is 34.5 Å². The zero-order valence-electron chi connectivity index (χ0n) is 28.9. The van der Waals surface area contributed by atoms with Gasteiger partial charge in [0.2, 0.25) is 0 Å². The molecule has 0 aromatic heterocycles. The van der Waals surface area contributed by atoms with E-state index in [0.717, 1.165) is 83.7 Å². The SMILES string of the molecule is CCCCN(CCCC)CC(CN1C[C@]2(CC[C@@]3(C)[C@@H](CC[C@@H]4[C@@H]3CC[C@]3(C)C(=O)CC[C@@H]43)C2)OC1=O)OC(=O)c1ccccc1. The number of carbonyl (C=O) groups is 3. The molecule has 46 heavy (non-hydrogen) atoms. The lowest BCUT2D eigenvalue weighted by molar-refractivity contribution is -0.149. The second-order valence-electron chi connectivity index (χ2n) is 16.1. The van der Waals surface area contributed by atoms with E-state index < -0.39 is 11.7 Å². The molecule has 1 aromatic rings. The number of unbranched alkanes of at least 4 members (excludes halogenated alkanes) is 2. The van der Waals surface area contributed by atoms with Crippen LogP contribution in [0.25, 0.3) is 0 Å². The molecule has 8 atom stereocenters. The van der Waals surface area contributed by atoms with Crippen LogP contribution in [0.4, 0.5) is 4.79 Å². The van der Waals surface area contributed by atoms with E-state index in [1.165, 1.54) is 12.8 Å². The van der Waals surface area contributed by atoms with Crippen molar-refractivity contribution in [2.45, 2.75) is 123 Å². The lowest BCUT2D eigenvalue weighted by atomic mass is 9.44. The normalized spacial score (nSPS) is 35.9. The van der Waals surface area contributed by atoms with E-state index >= 15 is 0 Å². The number of esters is 1. The van der Waals surface area contributed by atoms with Gasteiger partial charge in [0.15, 0.2) is 0 Å². The standard InChI is InChI=1S/C39H58N2O5/c1-5-7-22-40(23-8-6-2)25-30(45-35(43)28-12-10-9-11-13-28)26-41-27-39(46-36(41)44)21-20-37(3)29(24-39)14-15-31-32-16-17-34(42)38(32,4)19-18-33(31)37/h9-13,29-33H,5-8,14-27H2,1-4H3/t29-,30?,31-,32-,33-,37-,38-,39+/m0/s1. The third kappa shape index (κ3) is 6.39. The van der Waals surface area contributed by atoms with Gasteiger partial charge in [-0.15, -0.1) is 0 Å². The molecule has 1 amide bonds. The summed E-state index contributed by atoms with van der Waals surface area (Å²) in [6.45, 7) is 12.6. The predicted octanol–water partition coefficient (Wildman–Crippen LogP) is 7.92. The van der Waals surface area contributed by atoms with Crippen LogP contribution in [-0.4, -0.2) is 72.1 Å². The fourth-order valence-electron chi connectivity index (χ4n) is 10.7. The van der Waals surface area contributed by atoms with Gasteiger partial charge < -0.3 is 14.4 Å². The number of ether oxygens (including phenoxy) is 2. The Morgan fingerprint density at radius 3 is 2.43 bits per heavy atom. The van der Waals surface area contributed by atoms with Crippen LogP contribution in [0.5, 0.6) is 0 Å². The molecule has 1 saturated heterocycles. The number of benzene rings is 1. The van der Waals surface area contributed by atoms with Crippen LogP contribution in [0.2, 0.25) is 0 Å². The Bertz CT molecular complexity index is 1250. The molecule has 4 aliphatic carbocycles. The highest BCUT2D eigenvalue weighted by Crippen LogP contribution is 2.66. The van der Waals surface area contributed by atoms with E-state index in [1.807, 2.05) is 23.1 Å². The molecule has 1 aliphatic heterocycles. The highest BCUT2D eigenvalue weighted by atomic mass is 16.6. The van der Waals surface area contributed by atoms with Gasteiger partial charge in [0.05, 0.1) is 18.7 Å². The monoisotopic (exact) mass is 634 g/mol. The van der Waals surface area contributed by atoms with E-state index in [2.05, 4.69) is 32.6 Å². The summed E-state index contributed by atoms with van der Waals surface area (Å²) in [7, 11) is 0. The van der Waals surface area contributed by atoms with Crippen molar-refractivity contribution in [3.05, 3.63) is 35.9 Å². The van der Waals surface area contributed by atoms with Crippen LogP contribution in [0.1, 0.15) is 122 Å². The minimum absolute atomic E-state index is 0.0924. The summed E-state index contributed by atoms with van der Waals surface area (Å²) in [4.78, 5) is 43.9. The number of hydrogen-bond donors (Lipinski definition) is 0. The number of carbonyl (C=O) groups excluding carboxylic acids is 3. The van der Waals surface area contributed by atoms with Crippen molar-refractivity contribution in [3.63, 3.8) is 0 Å². The summed E-state index contributed by atoms with van der Waals surface area (Å²) >= 11 is 0. The quantitative estimate of drug-likeness (QED) is 0.218. The highest BCUT2D eigenvalue weighted by molar-refractivity contribution is 5.89. The van der Waals surface area contributed by atoms with Crippen LogP contribution >= 0.6 is 0 Å².